The fourth-order valence-corrected chi connectivity index (χ4v) is 3.03. The SMILES string of the molecule is COc1ccc(F)cc1CN1CCN(c2ccc(C(C)=O)cn2)CC1. The number of aromatic nitrogens is 1. The highest BCUT2D eigenvalue weighted by Gasteiger charge is 2.19. The molecule has 2 heterocycles. The van der Waals surface area contributed by atoms with Gasteiger partial charge in [-0.25, -0.2) is 9.37 Å². The van der Waals surface area contributed by atoms with Crippen LogP contribution in [0.2, 0.25) is 0 Å². The Hall–Kier alpha value is -2.47. The number of anilines is 1. The second-order valence-electron chi connectivity index (χ2n) is 6.18. The summed E-state index contributed by atoms with van der Waals surface area (Å²) in [6, 6.07) is 8.32. The molecule has 2 aromatic rings. The van der Waals surface area contributed by atoms with E-state index in [-0.39, 0.29) is 11.6 Å². The third kappa shape index (κ3) is 4.14. The molecule has 6 heteroatoms. The highest BCUT2D eigenvalue weighted by atomic mass is 19.1. The van der Waals surface area contributed by atoms with Gasteiger partial charge in [0.2, 0.25) is 0 Å². The maximum atomic E-state index is 13.5. The summed E-state index contributed by atoms with van der Waals surface area (Å²) in [5, 5.41) is 0. The molecule has 1 aliphatic rings. The molecule has 0 aliphatic carbocycles. The number of pyridine rings is 1. The van der Waals surface area contributed by atoms with Crippen LogP contribution in [0.4, 0.5) is 10.2 Å². The molecule has 0 atom stereocenters. The van der Waals surface area contributed by atoms with Gasteiger partial charge < -0.3 is 9.64 Å². The molecule has 1 fully saturated rings. The molecule has 1 aromatic heterocycles. The van der Waals surface area contributed by atoms with Crippen molar-refractivity contribution in [3.63, 3.8) is 0 Å². The lowest BCUT2D eigenvalue weighted by Crippen LogP contribution is -2.46. The van der Waals surface area contributed by atoms with Crippen LogP contribution in [0.1, 0.15) is 22.8 Å². The number of hydrogen-bond acceptors (Lipinski definition) is 5. The van der Waals surface area contributed by atoms with Gasteiger partial charge in [0.05, 0.1) is 7.11 Å². The molecule has 3 rings (SSSR count). The van der Waals surface area contributed by atoms with Crippen LogP contribution in [0.5, 0.6) is 5.75 Å². The van der Waals surface area contributed by atoms with Gasteiger partial charge in [0.25, 0.3) is 0 Å². The van der Waals surface area contributed by atoms with Crippen molar-refractivity contribution in [3.8, 4) is 5.75 Å². The van der Waals surface area contributed by atoms with Crippen molar-refractivity contribution >= 4 is 11.6 Å². The maximum Gasteiger partial charge on any atom is 0.161 e. The smallest absolute Gasteiger partial charge is 0.161 e. The first-order valence-corrected chi connectivity index (χ1v) is 8.33. The first-order chi connectivity index (χ1) is 12.1. The van der Waals surface area contributed by atoms with Crippen molar-refractivity contribution in [1.82, 2.24) is 9.88 Å². The summed E-state index contributed by atoms with van der Waals surface area (Å²) in [4.78, 5) is 20.2. The van der Waals surface area contributed by atoms with Gasteiger partial charge in [0.1, 0.15) is 17.4 Å². The van der Waals surface area contributed by atoms with E-state index in [4.69, 9.17) is 4.74 Å². The number of halogens is 1. The van der Waals surface area contributed by atoms with Crippen molar-refractivity contribution in [2.75, 3.05) is 38.2 Å². The molecule has 25 heavy (non-hydrogen) atoms. The molecule has 0 saturated carbocycles. The van der Waals surface area contributed by atoms with Crippen LogP contribution in [0.25, 0.3) is 0 Å². The third-order valence-corrected chi connectivity index (χ3v) is 4.49. The van der Waals surface area contributed by atoms with Gasteiger partial charge in [-0.15, -0.1) is 0 Å². The largest absolute Gasteiger partial charge is 0.496 e. The second kappa shape index (κ2) is 7.61. The highest BCUT2D eigenvalue weighted by Crippen LogP contribution is 2.22. The minimum atomic E-state index is -0.246. The zero-order chi connectivity index (χ0) is 17.8. The Morgan fingerprint density at radius 2 is 1.96 bits per heavy atom. The average molecular weight is 343 g/mol. The monoisotopic (exact) mass is 343 g/mol. The topological polar surface area (TPSA) is 45.7 Å². The van der Waals surface area contributed by atoms with Crippen LogP contribution in [-0.2, 0) is 6.54 Å². The summed E-state index contributed by atoms with van der Waals surface area (Å²) in [6.45, 7) is 5.58. The number of rotatable bonds is 5. The first-order valence-electron chi connectivity index (χ1n) is 8.33. The lowest BCUT2D eigenvalue weighted by molar-refractivity contribution is 0.101. The van der Waals surface area contributed by atoms with Gasteiger partial charge in [-0.05, 0) is 37.3 Å². The second-order valence-corrected chi connectivity index (χ2v) is 6.18. The molecule has 0 bridgehead atoms. The van der Waals surface area contributed by atoms with E-state index in [1.165, 1.54) is 19.1 Å². The quantitative estimate of drug-likeness (QED) is 0.781. The van der Waals surface area contributed by atoms with Crippen LogP contribution in [0.3, 0.4) is 0 Å². The molecule has 1 saturated heterocycles. The predicted octanol–water partition coefficient (Wildman–Crippen LogP) is 2.75. The number of methoxy groups -OCH3 is 1. The number of piperazine rings is 1. The summed E-state index contributed by atoms with van der Waals surface area (Å²) < 4.78 is 18.8. The van der Waals surface area contributed by atoms with E-state index in [1.807, 2.05) is 12.1 Å². The Kier molecular flexibility index (Phi) is 5.28. The molecule has 1 aliphatic heterocycles. The summed E-state index contributed by atoms with van der Waals surface area (Å²) in [6.07, 6.45) is 1.63. The number of carbonyl (C=O) groups is 1. The number of nitrogens with zero attached hydrogens (tertiary/aromatic N) is 3. The summed E-state index contributed by atoms with van der Waals surface area (Å²) in [7, 11) is 1.60. The molecule has 0 radical (unpaired) electrons. The van der Waals surface area contributed by atoms with Crippen LogP contribution in [0.15, 0.2) is 36.5 Å². The van der Waals surface area contributed by atoms with Crippen LogP contribution in [-0.4, -0.2) is 49.0 Å². The zero-order valence-corrected chi connectivity index (χ0v) is 14.5. The van der Waals surface area contributed by atoms with Gasteiger partial charge in [-0.1, -0.05) is 0 Å². The molecule has 0 amide bonds. The van der Waals surface area contributed by atoms with E-state index < -0.39 is 0 Å². The van der Waals surface area contributed by atoms with E-state index in [0.717, 1.165) is 37.6 Å². The number of benzene rings is 1. The molecule has 0 spiro atoms. The standard InChI is InChI=1S/C19H22FN3O2/c1-14(24)15-3-6-19(21-12-15)23-9-7-22(8-10-23)13-16-11-17(20)4-5-18(16)25-2/h3-6,11-12H,7-10,13H2,1-2H3. The Balaban J connectivity index is 1.60. The van der Waals surface area contributed by atoms with E-state index in [0.29, 0.717) is 17.9 Å². The first kappa shape index (κ1) is 17.4. The molecule has 132 valence electrons. The van der Waals surface area contributed by atoms with Crippen LogP contribution in [0, 0.1) is 5.82 Å². The normalized spacial score (nSPS) is 15.2. The lowest BCUT2D eigenvalue weighted by atomic mass is 10.1. The van der Waals surface area contributed by atoms with E-state index in [2.05, 4.69) is 14.8 Å². The average Bonchev–Trinajstić information content (AvgIpc) is 2.63. The Labute approximate surface area is 147 Å². The Morgan fingerprint density at radius 3 is 2.56 bits per heavy atom. The van der Waals surface area contributed by atoms with E-state index in [1.54, 1.807) is 19.4 Å². The summed E-state index contributed by atoms with van der Waals surface area (Å²) in [5.74, 6) is 1.37. The fourth-order valence-electron chi connectivity index (χ4n) is 3.03. The zero-order valence-electron chi connectivity index (χ0n) is 14.5. The number of Topliss-reactive ketones (excluding diaryl/α,β-unsaturated/α-hetero) is 1. The molecular weight excluding hydrogens is 321 g/mol. The van der Waals surface area contributed by atoms with Gasteiger partial charge in [-0.2, -0.15) is 0 Å². The molecule has 0 N–H and O–H groups in total. The number of hydrogen-bond donors (Lipinski definition) is 0. The van der Waals surface area contributed by atoms with Crippen LogP contribution < -0.4 is 9.64 Å². The number of ketones is 1. The molecule has 5 nitrogen and oxygen atoms in total. The van der Waals surface area contributed by atoms with Gasteiger partial charge in [0.15, 0.2) is 5.78 Å². The summed E-state index contributed by atoms with van der Waals surface area (Å²) >= 11 is 0. The molecular formula is C19H22FN3O2. The van der Waals surface area contributed by atoms with Gasteiger partial charge >= 0.3 is 0 Å². The van der Waals surface area contributed by atoms with Gasteiger partial charge in [-0.3, -0.25) is 9.69 Å². The van der Waals surface area contributed by atoms with Crippen molar-refractivity contribution < 1.29 is 13.9 Å². The minimum absolute atomic E-state index is 0.0212. The highest BCUT2D eigenvalue weighted by molar-refractivity contribution is 5.93. The fraction of sp³-hybridized carbons (Fsp3) is 0.368. The number of ether oxygens (including phenoxy) is 1. The molecule has 0 unspecified atom stereocenters. The molecule has 1 aromatic carbocycles. The Bertz CT molecular complexity index is 741. The Morgan fingerprint density at radius 1 is 1.20 bits per heavy atom. The van der Waals surface area contributed by atoms with E-state index in [9.17, 15) is 9.18 Å². The predicted molar refractivity (Wildman–Crippen MR) is 94.7 cm³/mol. The maximum absolute atomic E-state index is 13.5. The summed E-state index contributed by atoms with van der Waals surface area (Å²) in [5.41, 5.74) is 1.49. The van der Waals surface area contributed by atoms with Crippen molar-refractivity contribution in [2.24, 2.45) is 0 Å². The van der Waals surface area contributed by atoms with Crippen molar-refractivity contribution in [3.05, 3.63) is 53.5 Å². The third-order valence-electron chi connectivity index (χ3n) is 4.49. The number of carbonyl (C=O) groups excluding carboxylic acids is 1. The minimum Gasteiger partial charge on any atom is -0.496 e. The van der Waals surface area contributed by atoms with Crippen molar-refractivity contribution in [2.45, 2.75) is 13.5 Å². The van der Waals surface area contributed by atoms with Crippen LogP contribution >= 0.6 is 0 Å². The lowest BCUT2D eigenvalue weighted by Gasteiger charge is -2.35. The van der Waals surface area contributed by atoms with Gasteiger partial charge in [0, 0.05) is 50.0 Å². The van der Waals surface area contributed by atoms with E-state index >= 15 is 0 Å². The van der Waals surface area contributed by atoms with Crippen molar-refractivity contribution in [1.29, 1.82) is 0 Å².